The number of imidazole rings is 1. The summed E-state index contributed by atoms with van der Waals surface area (Å²) in [6, 6.07) is 7.47. The van der Waals surface area contributed by atoms with Gasteiger partial charge in [0.1, 0.15) is 10.0 Å². The van der Waals surface area contributed by atoms with E-state index in [9.17, 15) is 13.2 Å². The van der Waals surface area contributed by atoms with Crippen LogP contribution in [0.1, 0.15) is 24.6 Å². The highest BCUT2D eigenvalue weighted by atomic mass is 35.5. The number of sulfonamides is 1. The fourth-order valence-corrected chi connectivity index (χ4v) is 5.99. The van der Waals surface area contributed by atoms with Crippen LogP contribution in [-0.2, 0) is 17.1 Å². The van der Waals surface area contributed by atoms with Crippen LogP contribution in [0.3, 0.4) is 0 Å². The highest BCUT2D eigenvalue weighted by Gasteiger charge is 2.35. The van der Waals surface area contributed by atoms with Crippen LogP contribution in [0, 0.1) is 6.92 Å². The van der Waals surface area contributed by atoms with E-state index in [-0.39, 0.29) is 21.8 Å². The Balaban J connectivity index is 1.60. The number of piperidine rings is 1. The highest BCUT2D eigenvalue weighted by molar-refractivity contribution is 7.89. The van der Waals surface area contributed by atoms with Crippen LogP contribution in [-0.4, -0.2) is 45.1 Å². The summed E-state index contributed by atoms with van der Waals surface area (Å²) in [5.74, 6) is 0. The average Bonchev–Trinajstić information content (AvgIpc) is 3.10. The van der Waals surface area contributed by atoms with E-state index >= 15 is 0 Å². The van der Waals surface area contributed by atoms with Crippen molar-refractivity contribution in [1.82, 2.24) is 23.6 Å². The van der Waals surface area contributed by atoms with Crippen LogP contribution < -0.4 is 5.69 Å². The average molecular weight is 410 g/mol. The van der Waals surface area contributed by atoms with Gasteiger partial charge in [-0.05, 0) is 31.9 Å². The lowest BCUT2D eigenvalue weighted by molar-refractivity contribution is 0.274. The molecule has 3 aromatic rings. The van der Waals surface area contributed by atoms with E-state index in [2.05, 4.69) is 10.1 Å². The zero-order valence-electron chi connectivity index (χ0n) is 15.0. The molecule has 0 amide bonds. The number of para-hydroxylation sites is 2. The van der Waals surface area contributed by atoms with Crippen molar-refractivity contribution in [2.45, 2.75) is 30.7 Å². The molecule has 2 aromatic heterocycles. The van der Waals surface area contributed by atoms with E-state index in [1.807, 2.05) is 24.3 Å². The molecule has 0 radical (unpaired) electrons. The molecule has 1 aliphatic heterocycles. The predicted octanol–water partition coefficient (Wildman–Crippen LogP) is 2.05. The molecule has 8 nitrogen and oxygen atoms in total. The molecule has 0 atom stereocenters. The number of H-pyrrole nitrogens is 1. The zero-order chi connectivity index (χ0) is 19.3. The first-order valence-corrected chi connectivity index (χ1v) is 10.5. The molecule has 10 heteroatoms. The Hall–Kier alpha value is -2.10. The largest absolute Gasteiger partial charge is 0.326 e. The van der Waals surface area contributed by atoms with Gasteiger partial charge in [0.25, 0.3) is 0 Å². The van der Waals surface area contributed by atoms with Crippen LogP contribution in [0.15, 0.2) is 34.0 Å². The number of fused-ring (bicyclic) bond motifs is 1. The summed E-state index contributed by atoms with van der Waals surface area (Å²) in [7, 11) is -2.11. The first-order chi connectivity index (χ1) is 12.8. The van der Waals surface area contributed by atoms with Gasteiger partial charge in [0, 0.05) is 26.2 Å². The second-order valence-corrected chi connectivity index (χ2v) is 9.01. The summed E-state index contributed by atoms with van der Waals surface area (Å²) in [6.07, 6.45) is 1.11. The van der Waals surface area contributed by atoms with E-state index in [4.69, 9.17) is 11.6 Å². The van der Waals surface area contributed by atoms with Gasteiger partial charge >= 0.3 is 5.69 Å². The Bertz CT molecular complexity index is 1170. The monoisotopic (exact) mass is 409 g/mol. The Morgan fingerprint density at radius 2 is 1.89 bits per heavy atom. The number of nitrogens with one attached hydrogen (secondary N) is 1. The number of aromatic nitrogens is 4. The Morgan fingerprint density at radius 3 is 2.52 bits per heavy atom. The van der Waals surface area contributed by atoms with Gasteiger partial charge in [0.2, 0.25) is 10.0 Å². The lowest BCUT2D eigenvalue weighted by atomic mass is 10.1. The third-order valence-electron chi connectivity index (χ3n) is 5.11. The summed E-state index contributed by atoms with van der Waals surface area (Å²) in [4.78, 5) is 15.3. The standard InChI is InChI=1S/C17H20ClN5O3S/c1-11-15(16(18)21(2)20-11)27(25,26)22-9-7-12(8-10-22)23-14-6-4-3-5-13(14)19-17(23)24/h3-6,12H,7-10H2,1-2H3,(H,19,24). The normalized spacial score (nSPS) is 17.0. The molecule has 1 aliphatic rings. The minimum Gasteiger partial charge on any atom is -0.306 e. The van der Waals surface area contributed by atoms with Crippen LogP contribution in [0.5, 0.6) is 0 Å². The van der Waals surface area contributed by atoms with E-state index in [1.54, 1.807) is 18.5 Å². The summed E-state index contributed by atoms with van der Waals surface area (Å²) < 4.78 is 30.6. The third-order valence-corrected chi connectivity index (χ3v) is 7.71. The highest BCUT2D eigenvalue weighted by Crippen LogP contribution is 2.32. The first-order valence-electron chi connectivity index (χ1n) is 8.69. The van der Waals surface area contributed by atoms with Crippen molar-refractivity contribution in [3.8, 4) is 0 Å². The van der Waals surface area contributed by atoms with Crippen molar-refractivity contribution in [3.63, 3.8) is 0 Å². The quantitative estimate of drug-likeness (QED) is 0.716. The molecule has 4 rings (SSSR count). The lowest BCUT2D eigenvalue weighted by Crippen LogP contribution is -2.40. The molecule has 1 aromatic carbocycles. The molecule has 1 fully saturated rings. The number of aryl methyl sites for hydroxylation is 2. The molecule has 3 heterocycles. The van der Waals surface area contributed by atoms with Crippen molar-refractivity contribution in [2.24, 2.45) is 7.05 Å². The molecule has 0 unspecified atom stereocenters. The molecule has 144 valence electrons. The molecule has 0 spiro atoms. The SMILES string of the molecule is Cc1nn(C)c(Cl)c1S(=O)(=O)N1CCC(n2c(=O)[nH]c3ccccc32)CC1. The number of hydrogen-bond acceptors (Lipinski definition) is 4. The molecular formula is C17H20ClN5O3S. The maximum absolute atomic E-state index is 13.0. The minimum absolute atomic E-state index is 0.0504. The van der Waals surface area contributed by atoms with Crippen LogP contribution in [0.25, 0.3) is 11.0 Å². The number of nitrogens with zero attached hydrogens (tertiary/aromatic N) is 4. The van der Waals surface area contributed by atoms with Crippen LogP contribution in [0.2, 0.25) is 5.15 Å². The third kappa shape index (κ3) is 2.90. The molecule has 1 N–H and O–H groups in total. The summed E-state index contributed by atoms with van der Waals surface area (Å²) >= 11 is 6.16. The Labute approximate surface area is 161 Å². The van der Waals surface area contributed by atoms with Gasteiger partial charge in [-0.1, -0.05) is 23.7 Å². The van der Waals surface area contributed by atoms with Gasteiger partial charge < -0.3 is 4.98 Å². The number of hydrogen-bond donors (Lipinski definition) is 1. The van der Waals surface area contributed by atoms with Crippen molar-refractivity contribution in [3.05, 3.63) is 45.6 Å². The molecule has 0 aliphatic carbocycles. The van der Waals surface area contributed by atoms with Gasteiger partial charge in [-0.2, -0.15) is 9.40 Å². The van der Waals surface area contributed by atoms with Crippen molar-refractivity contribution >= 4 is 32.7 Å². The summed E-state index contributed by atoms with van der Waals surface area (Å²) in [5, 5.41) is 4.22. The van der Waals surface area contributed by atoms with Crippen molar-refractivity contribution in [1.29, 1.82) is 0 Å². The van der Waals surface area contributed by atoms with Crippen LogP contribution in [0.4, 0.5) is 0 Å². The maximum Gasteiger partial charge on any atom is 0.326 e. The Morgan fingerprint density at radius 1 is 1.22 bits per heavy atom. The van der Waals surface area contributed by atoms with Gasteiger partial charge in [0.15, 0.2) is 0 Å². The van der Waals surface area contributed by atoms with Gasteiger partial charge in [-0.3, -0.25) is 9.25 Å². The Kier molecular flexibility index (Phi) is 4.40. The minimum atomic E-state index is -3.72. The molecule has 1 saturated heterocycles. The topological polar surface area (TPSA) is 93.0 Å². The molecule has 27 heavy (non-hydrogen) atoms. The summed E-state index contributed by atoms with van der Waals surface area (Å²) in [5.41, 5.74) is 1.85. The number of benzene rings is 1. The molecule has 0 saturated carbocycles. The first kappa shape index (κ1) is 18.3. The van der Waals surface area contributed by atoms with E-state index in [0.717, 1.165) is 11.0 Å². The maximum atomic E-state index is 13.0. The molecule has 0 bridgehead atoms. The smallest absolute Gasteiger partial charge is 0.306 e. The lowest BCUT2D eigenvalue weighted by Gasteiger charge is -2.31. The van der Waals surface area contributed by atoms with Gasteiger partial charge in [-0.25, -0.2) is 13.2 Å². The second kappa shape index (κ2) is 6.50. The van der Waals surface area contributed by atoms with E-state index in [1.165, 1.54) is 8.99 Å². The number of aromatic amines is 1. The van der Waals surface area contributed by atoms with Gasteiger partial charge in [-0.15, -0.1) is 0 Å². The van der Waals surface area contributed by atoms with Gasteiger partial charge in [0.05, 0.1) is 16.7 Å². The van der Waals surface area contributed by atoms with E-state index in [0.29, 0.717) is 31.6 Å². The van der Waals surface area contributed by atoms with Crippen molar-refractivity contribution in [2.75, 3.05) is 13.1 Å². The van der Waals surface area contributed by atoms with Crippen LogP contribution >= 0.6 is 11.6 Å². The summed E-state index contributed by atoms with van der Waals surface area (Å²) in [6.45, 7) is 2.28. The van der Waals surface area contributed by atoms with Crippen molar-refractivity contribution < 1.29 is 8.42 Å². The number of rotatable bonds is 3. The zero-order valence-corrected chi connectivity index (χ0v) is 16.6. The fraction of sp³-hybridized carbons (Fsp3) is 0.412. The number of halogens is 1. The predicted molar refractivity (Wildman–Crippen MR) is 103 cm³/mol. The second-order valence-electron chi connectivity index (χ2n) is 6.78. The fourth-order valence-electron chi connectivity index (χ4n) is 3.81. The van der Waals surface area contributed by atoms with E-state index < -0.39 is 10.0 Å². The molecular weight excluding hydrogens is 390 g/mol.